The molecule has 7 nitrogen and oxygen atoms in total. The highest BCUT2D eigenvalue weighted by Crippen LogP contribution is 2.46. The fourth-order valence-electron chi connectivity index (χ4n) is 5.24. The van der Waals surface area contributed by atoms with E-state index in [1.807, 2.05) is 26.0 Å². The molecule has 4 atom stereocenters. The van der Waals surface area contributed by atoms with Crippen LogP contribution < -0.4 is 0 Å². The van der Waals surface area contributed by atoms with Gasteiger partial charge in [0, 0.05) is 13.0 Å². The molecule has 0 radical (unpaired) electrons. The van der Waals surface area contributed by atoms with E-state index in [-0.39, 0.29) is 25.0 Å². The van der Waals surface area contributed by atoms with Crippen LogP contribution in [0.1, 0.15) is 63.9 Å². The Hall–Kier alpha value is -2.22. The lowest BCUT2D eigenvalue weighted by Crippen LogP contribution is -2.39. The van der Waals surface area contributed by atoms with Gasteiger partial charge in [0.25, 0.3) is 0 Å². The van der Waals surface area contributed by atoms with Crippen molar-refractivity contribution in [3.05, 3.63) is 40.4 Å². The summed E-state index contributed by atoms with van der Waals surface area (Å²) >= 11 is 0. The monoisotopic (exact) mass is 445 g/mol. The van der Waals surface area contributed by atoms with Crippen molar-refractivity contribution in [2.24, 2.45) is 17.8 Å². The summed E-state index contributed by atoms with van der Waals surface area (Å²) in [6.07, 6.45) is 5.10. The Bertz CT molecular complexity index is 898. The molecular formula is C25H35NO6. The lowest BCUT2D eigenvalue weighted by Gasteiger charge is -2.36. The zero-order valence-corrected chi connectivity index (χ0v) is 19.2. The summed E-state index contributed by atoms with van der Waals surface area (Å²) in [5.41, 5.74) is 2.86. The molecule has 1 aromatic rings. The zero-order valence-electron chi connectivity index (χ0n) is 19.2. The average molecular weight is 446 g/mol. The van der Waals surface area contributed by atoms with E-state index in [9.17, 15) is 24.9 Å². The van der Waals surface area contributed by atoms with Crippen LogP contribution in [0.3, 0.4) is 0 Å². The molecule has 7 heteroatoms. The van der Waals surface area contributed by atoms with Gasteiger partial charge in [-0.15, -0.1) is 0 Å². The number of amides is 2. The van der Waals surface area contributed by atoms with Gasteiger partial charge in [-0.2, -0.15) is 0 Å². The van der Waals surface area contributed by atoms with E-state index in [0.29, 0.717) is 30.8 Å². The highest BCUT2D eigenvalue weighted by Gasteiger charge is 2.53. The van der Waals surface area contributed by atoms with Crippen LogP contribution in [0.15, 0.2) is 33.3 Å². The minimum Gasteiger partial charge on any atom is -0.459 e. The molecule has 3 rings (SSSR count). The molecule has 176 valence electrons. The minimum atomic E-state index is -0.789. The summed E-state index contributed by atoms with van der Waals surface area (Å²) in [7, 11) is 1.50. The Morgan fingerprint density at radius 3 is 2.59 bits per heavy atom. The van der Waals surface area contributed by atoms with Gasteiger partial charge in [-0.05, 0) is 55.9 Å². The van der Waals surface area contributed by atoms with E-state index < -0.39 is 23.9 Å². The van der Waals surface area contributed by atoms with Crippen molar-refractivity contribution in [3.63, 3.8) is 0 Å². The van der Waals surface area contributed by atoms with Gasteiger partial charge in [0.15, 0.2) is 0 Å². The number of furan rings is 1. The number of carbonyl (C=O) groups excluding carboxylic acids is 2. The first-order valence-corrected chi connectivity index (χ1v) is 11.6. The van der Waals surface area contributed by atoms with Gasteiger partial charge in [-0.1, -0.05) is 31.4 Å². The normalized spacial score (nSPS) is 25.0. The zero-order chi connectivity index (χ0) is 23.4. The Labute approximate surface area is 189 Å². The molecule has 32 heavy (non-hydrogen) atoms. The number of hydrogen-bond acceptors (Lipinski definition) is 6. The molecule has 1 fully saturated rings. The maximum Gasteiger partial charge on any atom is 0.233 e. The van der Waals surface area contributed by atoms with E-state index >= 15 is 0 Å². The van der Waals surface area contributed by atoms with Gasteiger partial charge in [-0.3, -0.25) is 14.5 Å². The Kier molecular flexibility index (Phi) is 8.09. The Morgan fingerprint density at radius 1 is 1.25 bits per heavy atom. The van der Waals surface area contributed by atoms with Crippen LogP contribution in [-0.2, 0) is 16.2 Å². The fraction of sp³-hybridized carbons (Fsp3) is 0.600. The van der Waals surface area contributed by atoms with Gasteiger partial charge in [0.05, 0.1) is 24.5 Å². The van der Waals surface area contributed by atoms with Gasteiger partial charge in [0.1, 0.15) is 18.1 Å². The van der Waals surface area contributed by atoms with E-state index in [1.165, 1.54) is 11.9 Å². The number of imide groups is 1. The number of aliphatic hydroxyl groups excluding tert-OH is 3. The molecule has 2 heterocycles. The van der Waals surface area contributed by atoms with E-state index in [4.69, 9.17) is 4.42 Å². The molecule has 1 aliphatic heterocycles. The second-order valence-corrected chi connectivity index (χ2v) is 8.84. The Balaban J connectivity index is 1.82. The molecule has 0 unspecified atom stereocenters. The van der Waals surface area contributed by atoms with Crippen molar-refractivity contribution in [1.82, 2.24) is 4.90 Å². The number of aliphatic hydroxyl groups is 3. The van der Waals surface area contributed by atoms with Crippen molar-refractivity contribution >= 4 is 17.9 Å². The molecule has 0 bridgehead atoms. The fourth-order valence-corrected chi connectivity index (χ4v) is 5.24. The molecule has 2 amide bonds. The van der Waals surface area contributed by atoms with Gasteiger partial charge in [0.2, 0.25) is 11.8 Å². The number of allylic oxidation sites excluding steroid dienone is 2. The number of rotatable bonds is 10. The first-order valence-electron chi connectivity index (χ1n) is 11.6. The number of carbonyl (C=O) groups is 2. The molecule has 2 aliphatic rings. The highest BCUT2D eigenvalue weighted by molar-refractivity contribution is 6.05. The Morgan fingerprint density at radius 2 is 2.00 bits per heavy atom. The molecule has 1 saturated heterocycles. The number of likely N-dealkylation sites (tertiary alicyclic amines) is 1. The van der Waals surface area contributed by atoms with Crippen LogP contribution >= 0.6 is 0 Å². The summed E-state index contributed by atoms with van der Waals surface area (Å²) in [6.45, 7) is 3.67. The predicted octanol–water partition coefficient (Wildman–Crippen LogP) is 3.05. The van der Waals surface area contributed by atoms with Crippen molar-refractivity contribution < 1.29 is 29.3 Å². The number of fused-ring (bicyclic) bond motifs is 1. The number of hydrogen-bond donors (Lipinski definition) is 3. The number of nitrogens with zero attached hydrogens (tertiary/aromatic N) is 1. The van der Waals surface area contributed by atoms with Crippen LogP contribution in [0.2, 0.25) is 0 Å². The van der Waals surface area contributed by atoms with Crippen molar-refractivity contribution in [1.29, 1.82) is 0 Å². The molecule has 3 N–H and O–H groups in total. The maximum absolute atomic E-state index is 12.7. The van der Waals surface area contributed by atoms with E-state index in [2.05, 4.69) is 0 Å². The summed E-state index contributed by atoms with van der Waals surface area (Å²) in [5.74, 6) is -0.833. The molecule has 0 aromatic carbocycles. The molecule has 1 aromatic heterocycles. The van der Waals surface area contributed by atoms with Gasteiger partial charge < -0.3 is 19.7 Å². The van der Waals surface area contributed by atoms with Crippen molar-refractivity contribution in [3.8, 4) is 0 Å². The second-order valence-electron chi connectivity index (χ2n) is 8.84. The summed E-state index contributed by atoms with van der Waals surface area (Å²) < 4.78 is 5.55. The van der Waals surface area contributed by atoms with Crippen LogP contribution in [0.5, 0.6) is 0 Å². The first-order chi connectivity index (χ1) is 15.4. The molecule has 0 spiro atoms. The summed E-state index contributed by atoms with van der Waals surface area (Å²) in [4.78, 5) is 26.5. The first kappa shape index (κ1) is 24.4. The second kappa shape index (κ2) is 10.6. The summed E-state index contributed by atoms with van der Waals surface area (Å²) in [5, 5.41) is 30.6. The SMILES string of the molecule is CCCC1=C([C@H](O)CC/C(=C/c2ccc(CO)o2)CC)[C@H](CO)[C@@H]2C(=O)N(C)C(=O)[C@@H]2C1. The smallest absolute Gasteiger partial charge is 0.233 e. The average Bonchev–Trinajstić information content (AvgIpc) is 3.34. The molecule has 0 saturated carbocycles. The third kappa shape index (κ3) is 4.75. The van der Waals surface area contributed by atoms with E-state index in [0.717, 1.165) is 36.0 Å². The minimum absolute atomic E-state index is 0.149. The van der Waals surface area contributed by atoms with E-state index in [1.54, 1.807) is 6.07 Å². The van der Waals surface area contributed by atoms with Crippen LogP contribution in [-0.4, -0.2) is 51.8 Å². The quantitative estimate of drug-likeness (QED) is 0.377. The summed E-state index contributed by atoms with van der Waals surface area (Å²) in [6, 6.07) is 3.54. The van der Waals surface area contributed by atoms with Gasteiger partial charge in [-0.25, -0.2) is 0 Å². The third-order valence-electron chi connectivity index (χ3n) is 6.89. The standard InChI is InChI=1S/C25H35NO6/c1-4-6-16-12-19-23(25(31)26(3)24(19)30)20(14-28)22(16)21(29)10-7-15(5-2)11-17-8-9-18(13-27)32-17/h8-9,11,19-21,23,27-29H,4-7,10,12-14H2,1-3H3/b15-11+/t19-,20+,21-,23-/m1/s1. The van der Waals surface area contributed by atoms with Crippen molar-refractivity contribution in [2.45, 2.75) is 65.1 Å². The topological polar surface area (TPSA) is 111 Å². The largest absolute Gasteiger partial charge is 0.459 e. The maximum atomic E-state index is 12.7. The molecular weight excluding hydrogens is 410 g/mol. The van der Waals surface area contributed by atoms with Crippen LogP contribution in [0, 0.1) is 17.8 Å². The lowest BCUT2D eigenvalue weighted by atomic mass is 9.67. The van der Waals surface area contributed by atoms with Gasteiger partial charge >= 0.3 is 0 Å². The van der Waals surface area contributed by atoms with Crippen LogP contribution in [0.25, 0.3) is 6.08 Å². The predicted molar refractivity (Wildman–Crippen MR) is 120 cm³/mol. The van der Waals surface area contributed by atoms with Crippen LogP contribution in [0.4, 0.5) is 0 Å². The highest BCUT2D eigenvalue weighted by atomic mass is 16.4. The lowest BCUT2D eigenvalue weighted by molar-refractivity contribution is -0.138. The molecule has 1 aliphatic carbocycles. The third-order valence-corrected chi connectivity index (χ3v) is 6.89. The van der Waals surface area contributed by atoms with Crippen molar-refractivity contribution in [2.75, 3.05) is 13.7 Å².